The number of ether oxygens (including phenoxy) is 1. The van der Waals surface area contributed by atoms with Crippen molar-refractivity contribution in [3.8, 4) is 22.8 Å². The molecule has 1 saturated heterocycles. The maximum Gasteiger partial charge on any atom is 0.350 e. The van der Waals surface area contributed by atoms with Gasteiger partial charge in [0.1, 0.15) is 6.54 Å². The number of pyridine rings is 1. The third kappa shape index (κ3) is 4.44. The first kappa shape index (κ1) is 22.5. The molecular weight excluding hydrogens is 452 g/mol. The lowest BCUT2D eigenvalue weighted by Gasteiger charge is -2.31. The van der Waals surface area contributed by atoms with E-state index in [1.54, 1.807) is 30.2 Å². The lowest BCUT2D eigenvalue weighted by Crippen LogP contribution is -2.45. The lowest BCUT2D eigenvalue weighted by molar-refractivity contribution is -0.151. The van der Waals surface area contributed by atoms with Crippen molar-refractivity contribution in [2.75, 3.05) is 19.7 Å². The van der Waals surface area contributed by atoms with Crippen molar-refractivity contribution in [2.45, 2.75) is 26.3 Å². The fourth-order valence-electron chi connectivity index (χ4n) is 4.23. The number of carbonyl (C=O) groups excluding carboxylic acids is 2. The molecule has 1 atom stereocenters. The van der Waals surface area contributed by atoms with Crippen LogP contribution in [0.15, 0.2) is 58.0 Å². The van der Waals surface area contributed by atoms with E-state index in [1.165, 1.54) is 4.40 Å². The zero-order chi connectivity index (χ0) is 24.4. The zero-order valence-electron chi connectivity index (χ0n) is 19.2. The molecule has 1 fully saturated rings. The number of piperidine rings is 1. The van der Waals surface area contributed by atoms with E-state index in [2.05, 4.69) is 15.2 Å². The van der Waals surface area contributed by atoms with Crippen LogP contribution in [0.3, 0.4) is 0 Å². The zero-order valence-corrected chi connectivity index (χ0v) is 19.2. The van der Waals surface area contributed by atoms with Crippen molar-refractivity contribution in [3.05, 3.63) is 59.1 Å². The molecule has 1 amide bonds. The van der Waals surface area contributed by atoms with Gasteiger partial charge in [-0.05, 0) is 31.9 Å². The number of benzene rings is 1. The maximum atomic E-state index is 13.0. The van der Waals surface area contributed by atoms with Crippen LogP contribution in [0.1, 0.15) is 19.8 Å². The van der Waals surface area contributed by atoms with Gasteiger partial charge in [0.15, 0.2) is 5.65 Å². The number of likely N-dealkylation sites (tertiary alicyclic amines) is 1. The molecule has 11 nitrogen and oxygen atoms in total. The molecule has 0 saturated carbocycles. The monoisotopic (exact) mass is 476 g/mol. The smallest absolute Gasteiger partial charge is 0.350 e. The maximum absolute atomic E-state index is 13.0. The predicted octanol–water partition coefficient (Wildman–Crippen LogP) is 2.01. The number of carbonyl (C=O) groups is 2. The summed E-state index contributed by atoms with van der Waals surface area (Å²) in [6.07, 6.45) is 2.94. The highest BCUT2D eigenvalue weighted by Crippen LogP contribution is 2.24. The second-order valence-corrected chi connectivity index (χ2v) is 8.28. The van der Waals surface area contributed by atoms with Gasteiger partial charge in [0, 0.05) is 24.8 Å². The lowest BCUT2D eigenvalue weighted by atomic mass is 9.98. The van der Waals surface area contributed by atoms with Gasteiger partial charge < -0.3 is 14.2 Å². The van der Waals surface area contributed by atoms with E-state index in [0.29, 0.717) is 43.0 Å². The summed E-state index contributed by atoms with van der Waals surface area (Å²) in [6.45, 7) is 2.61. The Kier molecular flexibility index (Phi) is 6.13. The van der Waals surface area contributed by atoms with E-state index in [1.807, 2.05) is 30.3 Å². The fourth-order valence-corrected chi connectivity index (χ4v) is 4.23. The van der Waals surface area contributed by atoms with Crippen LogP contribution in [0.25, 0.3) is 28.5 Å². The Labute approximate surface area is 199 Å². The largest absolute Gasteiger partial charge is 0.466 e. The highest BCUT2D eigenvalue weighted by atomic mass is 16.5. The third-order valence-corrected chi connectivity index (χ3v) is 5.98. The van der Waals surface area contributed by atoms with Crippen molar-refractivity contribution in [1.29, 1.82) is 0 Å². The number of hydrogen-bond donors (Lipinski definition) is 0. The van der Waals surface area contributed by atoms with Gasteiger partial charge in [-0.3, -0.25) is 9.59 Å². The molecule has 5 rings (SSSR count). The Balaban J connectivity index is 1.39. The topological polar surface area (TPSA) is 125 Å². The van der Waals surface area contributed by atoms with Gasteiger partial charge in [-0.25, -0.2) is 13.9 Å². The van der Waals surface area contributed by atoms with Crippen LogP contribution in [-0.2, 0) is 20.9 Å². The summed E-state index contributed by atoms with van der Waals surface area (Å²) in [5, 5.41) is 8.43. The minimum absolute atomic E-state index is 0.214. The number of amides is 1. The highest BCUT2D eigenvalue weighted by molar-refractivity contribution is 5.78. The van der Waals surface area contributed by atoms with Gasteiger partial charge in [0.05, 0.1) is 18.1 Å². The number of nitrogens with zero attached hydrogens (tertiary/aromatic N) is 6. The quantitative estimate of drug-likeness (QED) is 0.387. The first-order valence-electron chi connectivity index (χ1n) is 11.5. The number of esters is 1. The Hall–Kier alpha value is -4.28. The molecule has 0 spiro atoms. The van der Waals surface area contributed by atoms with Crippen LogP contribution >= 0.6 is 0 Å². The van der Waals surface area contributed by atoms with Gasteiger partial charge >= 0.3 is 11.7 Å². The average molecular weight is 476 g/mol. The molecule has 35 heavy (non-hydrogen) atoms. The molecule has 0 aliphatic carbocycles. The summed E-state index contributed by atoms with van der Waals surface area (Å²) < 4.78 is 13.0. The van der Waals surface area contributed by atoms with E-state index >= 15 is 0 Å². The molecule has 4 heterocycles. The van der Waals surface area contributed by atoms with Crippen molar-refractivity contribution in [2.24, 2.45) is 5.92 Å². The summed E-state index contributed by atoms with van der Waals surface area (Å²) in [5.74, 6) is -0.301. The van der Waals surface area contributed by atoms with E-state index < -0.39 is 5.69 Å². The number of rotatable bonds is 6. The molecule has 1 aliphatic heterocycles. The predicted molar refractivity (Wildman–Crippen MR) is 124 cm³/mol. The van der Waals surface area contributed by atoms with E-state index in [-0.39, 0.29) is 36.8 Å². The standard InChI is InChI=1S/C24H24N6O5/c1-2-34-23(32)17-10-6-12-28(14-17)19(31)15-30-24(33)29-13-7-11-18(21(29)26-30)22-25-20(27-35-22)16-8-4-3-5-9-16/h3-5,7-9,11,13,17H,2,6,10,12,14-15H2,1H3. The normalized spacial score (nSPS) is 15.9. The second kappa shape index (κ2) is 9.53. The fraction of sp³-hybridized carbons (Fsp3) is 0.333. The molecule has 0 radical (unpaired) electrons. The summed E-state index contributed by atoms with van der Waals surface area (Å²) in [4.78, 5) is 44.1. The summed E-state index contributed by atoms with van der Waals surface area (Å²) in [7, 11) is 0. The Morgan fingerprint density at radius 3 is 2.80 bits per heavy atom. The van der Waals surface area contributed by atoms with E-state index in [0.717, 1.165) is 10.2 Å². The van der Waals surface area contributed by atoms with Crippen molar-refractivity contribution < 1.29 is 18.8 Å². The SMILES string of the molecule is CCOC(=O)C1CCCN(C(=O)Cn2nc3c(-c4nc(-c5ccccc5)no4)cccn3c2=O)C1. The second-order valence-electron chi connectivity index (χ2n) is 8.28. The minimum atomic E-state index is -0.461. The molecule has 11 heteroatoms. The third-order valence-electron chi connectivity index (χ3n) is 5.98. The Morgan fingerprint density at radius 1 is 1.17 bits per heavy atom. The van der Waals surface area contributed by atoms with Crippen molar-refractivity contribution in [3.63, 3.8) is 0 Å². The van der Waals surface area contributed by atoms with Crippen molar-refractivity contribution >= 4 is 17.5 Å². The summed E-state index contributed by atoms with van der Waals surface area (Å²) in [6, 6.07) is 12.8. The van der Waals surface area contributed by atoms with E-state index in [9.17, 15) is 14.4 Å². The number of fused-ring (bicyclic) bond motifs is 1. The van der Waals surface area contributed by atoms with Crippen LogP contribution in [0.4, 0.5) is 0 Å². The van der Waals surface area contributed by atoms with Crippen LogP contribution in [0.2, 0.25) is 0 Å². The molecule has 4 aromatic rings. The van der Waals surface area contributed by atoms with Crippen molar-refractivity contribution in [1.82, 2.24) is 29.2 Å². The summed E-state index contributed by atoms with van der Waals surface area (Å²) >= 11 is 0. The van der Waals surface area contributed by atoms with Gasteiger partial charge in [0.25, 0.3) is 5.89 Å². The first-order chi connectivity index (χ1) is 17.0. The minimum Gasteiger partial charge on any atom is -0.466 e. The van der Waals surface area contributed by atoms with Crippen LogP contribution in [0.5, 0.6) is 0 Å². The number of aromatic nitrogens is 5. The Morgan fingerprint density at radius 2 is 2.00 bits per heavy atom. The molecule has 0 bridgehead atoms. The molecule has 1 aliphatic rings. The number of hydrogen-bond acceptors (Lipinski definition) is 8. The van der Waals surface area contributed by atoms with Crippen LogP contribution in [0, 0.1) is 5.92 Å². The Bertz CT molecular complexity index is 1420. The molecular formula is C24H24N6O5. The summed E-state index contributed by atoms with van der Waals surface area (Å²) in [5.41, 5.74) is 1.12. The average Bonchev–Trinajstić information content (AvgIpc) is 3.50. The first-order valence-corrected chi connectivity index (χ1v) is 11.5. The molecule has 3 aromatic heterocycles. The van der Waals surface area contributed by atoms with Crippen LogP contribution in [-0.4, -0.2) is 60.8 Å². The van der Waals surface area contributed by atoms with Crippen LogP contribution < -0.4 is 5.69 Å². The van der Waals surface area contributed by atoms with Gasteiger partial charge in [0.2, 0.25) is 11.7 Å². The van der Waals surface area contributed by atoms with Gasteiger partial charge in [-0.1, -0.05) is 35.5 Å². The molecule has 180 valence electrons. The van der Waals surface area contributed by atoms with E-state index in [4.69, 9.17) is 9.26 Å². The molecule has 0 N–H and O–H groups in total. The highest BCUT2D eigenvalue weighted by Gasteiger charge is 2.30. The van der Waals surface area contributed by atoms with Gasteiger partial charge in [-0.15, -0.1) is 5.10 Å². The molecule has 1 aromatic carbocycles. The van der Waals surface area contributed by atoms with Gasteiger partial charge in [-0.2, -0.15) is 4.98 Å². The molecule has 1 unspecified atom stereocenters.